The number of carbonyl (C=O) groups excluding carboxylic acids is 2. The largest absolute Gasteiger partial charge is 0.489 e. The number of ether oxygens (including phenoxy) is 1. The smallest absolute Gasteiger partial charge is 0.251 e. The van der Waals surface area contributed by atoms with Crippen LogP contribution in [0.4, 0.5) is 10.1 Å². The van der Waals surface area contributed by atoms with Gasteiger partial charge in [-0.2, -0.15) is 0 Å². The summed E-state index contributed by atoms with van der Waals surface area (Å²) in [6, 6.07) is 18.2. The highest BCUT2D eigenvalue weighted by molar-refractivity contribution is 9.10. The summed E-state index contributed by atoms with van der Waals surface area (Å²) in [6.07, 6.45) is 0. The fraction of sp³-hybridized carbons (Fsp3) is 0.130. The highest BCUT2D eigenvalue weighted by Gasteiger charge is 2.10. The third kappa shape index (κ3) is 6.15. The molecule has 0 unspecified atom stereocenters. The molecule has 0 heterocycles. The lowest BCUT2D eigenvalue weighted by Crippen LogP contribution is -2.33. The number of carbonyl (C=O) groups is 2. The van der Waals surface area contributed by atoms with Gasteiger partial charge in [0.2, 0.25) is 5.91 Å². The van der Waals surface area contributed by atoms with Crippen molar-refractivity contribution in [2.45, 2.75) is 13.5 Å². The minimum absolute atomic E-state index is 0.158. The molecule has 3 rings (SSSR count). The van der Waals surface area contributed by atoms with E-state index in [0.29, 0.717) is 17.0 Å². The van der Waals surface area contributed by atoms with Crippen LogP contribution in [-0.2, 0) is 11.4 Å². The summed E-state index contributed by atoms with van der Waals surface area (Å²) in [7, 11) is 0. The van der Waals surface area contributed by atoms with Gasteiger partial charge in [-0.3, -0.25) is 9.59 Å². The number of nitrogens with one attached hydrogen (secondary N) is 2. The van der Waals surface area contributed by atoms with Crippen molar-refractivity contribution in [2.75, 3.05) is 11.9 Å². The van der Waals surface area contributed by atoms with Crippen molar-refractivity contribution in [2.24, 2.45) is 0 Å². The number of aryl methyl sites for hydroxylation is 1. The summed E-state index contributed by atoms with van der Waals surface area (Å²) in [6.45, 7) is 1.98. The normalized spacial score (nSPS) is 10.4. The molecule has 0 spiro atoms. The maximum atomic E-state index is 13.0. The van der Waals surface area contributed by atoms with Crippen molar-refractivity contribution in [3.63, 3.8) is 0 Å². The predicted molar refractivity (Wildman–Crippen MR) is 117 cm³/mol. The second kappa shape index (κ2) is 10.0. The Morgan fingerprint density at radius 1 is 1.03 bits per heavy atom. The lowest BCUT2D eigenvalue weighted by Gasteiger charge is -2.11. The molecular formula is C23H20BrFN2O3. The second-order valence-electron chi connectivity index (χ2n) is 6.63. The van der Waals surface area contributed by atoms with E-state index in [-0.39, 0.29) is 30.8 Å². The Balaban J connectivity index is 1.53. The minimum atomic E-state index is -0.384. The number of amides is 2. The molecule has 0 aromatic heterocycles. The van der Waals surface area contributed by atoms with Crippen LogP contribution in [0.3, 0.4) is 0 Å². The van der Waals surface area contributed by atoms with Crippen molar-refractivity contribution in [3.8, 4) is 5.75 Å². The van der Waals surface area contributed by atoms with Crippen molar-refractivity contribution in [1.82, 2.24) is 5.32 Å². The topological polar surface area (TPSA) is 67.4 Å². The highest BCUT2D eigenvalue weighted by atomic mass is 79.9. The van der Waals surface area contributed by atoms with E-state index in [4.69, 9.17) is 4.74 Å². The molecule has 0 aliphatic carbocycles. The van der Waals surface area contributed by atoms with Gasteiger partial charge in [0.15, 0.2) is 0 Å². The van der Waals surface area contributed by atoms with Crippen molar-refractivity contribution in [1.29, 1.82) is 0 Å². The number of rotatable bonds is 7. The monoisotopic (exact) mass is 470 g/mol. The Morgan fingerprint density at radius 3 is 2.53 bits per heavy atom. The highest BCUT2D eigenvalue weighted by Crippen LogP contribution is 2.20. The third-order valence-corrected chi connectivity index (χ3v) is 4.78. The van der Waals surface area contributed by atoms with Crippen LogP contribution in [-0.4, -0.2) is 18.4 Å². The Bertz CT molecular complexity index is 1050. The molecule has 0 bridgehead atoms. The lowest BCUT2D eigenvalue weighted by atomic mass is 10.2. The summed E-state index contributed by atoms with van der Waals surface area (Å²) >= 11 is 3.38. The minimum Gasteiger partial charge on any atom is -0.489 e. The molecule has 7 heteroatoms. The van der Waals surface area contributed by atoms with E-state index in [1.165, 1.54) is 12.1 Å². The molecule has 30 heavy (non-hydrogen) atoms. The Morgan fingerprint density at radius 2 is 1.80 bits per heavy atom. The van der Waals surface area contributed by atoms with E-state index in [9.17, 15) is 14.0 Å². The molecule has 0 aliphatic heterocycles. The van der Waals surface area contributed by atoms with Crippen molar-refractivity contribution in [3.05, 3.63) is 93.7 Å². The first-order valence-electron chi connectivity index (χ1n) is 9.22. The summed E-state index contributed by atoms with van der Waals surface area (Å²) in [5.74, 6) is -0.513. The Hall–Kier alpha value is -3.19. The molecule has 2 amide bonds. The number of hydrogen-bond donors (Lipinski definition) is 2. The van der Waals surface area contributed by atoms with E-state index in [2.05, 4.69) is 26.6 Å². The van der Waals surface area contributed by atoms with Gasteiger partial charge in [0.1, 0.15) is 18.2 Å². The molecule has 154 valence electrons. The lowest BCUT2D eigenvalue weighted by molar-refractivity contribution is -0.115. The molecule has 0 saturated heterocycles. The van der Waals surface area contributed by atoms with Gasteiger partial charge in [-0.15, -0.1) is 0 Å². The fourth-order valence-corrected chi connectivity index (χ4v) is 3.17. The van der Waals surface area contributed by atoms with Gasteiger partial charge in [-0.1, -0.05) is 34.1 Å². The zero-order chi connectivity index (χ0) is 21.5. The van der Waals surface area contributed by atoms with Crippen molar-refractivity contribution >= 4 is 33.4 Å². The van der Waals surface area contributed by atoms with Gasteiger partial charge >= 0.3 is 0 Å². The molecule has 0 aliphatic rings. The summed E-state index contributed by atoms with van der Waals surface area (Å²) in [4.78, 5) is 24.5. The molecule has 0 saturated carbocycles. The molecule has 0 radical (unpaired) electrons. The number of halogens is 2. The summed E-state index contributed by atoms with van der Waals surface area (Å²) in [5.41, 5.74) is 2.79. The van der Waals surface area contributed by atoms with E-state index in [1.807, 2.05) is 19.1 Å². The van der Waals surface area contributed by atoms with Crippen LogP contribution in [0.1, 0.15) is 21.5 Å². The number of hydrogen-bond acceptors (Lipinski definition) is 3. The molecule has 5 nitrogen and oxygen atoms in total. The van der Waals surface area contributed by atoms with Gasteiger partial charge in [-0.05, 0) is 66.6 Å². The molecule has 3 aromatic carbocycles. The Kier molecular flexibility index (Phi) is 7.19. The first kappa shape index (κ1) is 21.5. The van der Waals surface area contributed by atoms with Crippen LogP contribution < -0.4 is 15.4 Å². The Labute approximate surface area is 182 Å². The molecule has 0 atom stereocenters. The quantitative estimate of drug-likeness (QED) is 0.518. The predicted octanol–water partition coefficient (Wildman–Crippen LogP) is 4.84. The molecular weight excluding hydrogens is 451 g/mol. The van der Waals surface area contributed by atoms with E-state index >= 15 is 0 Å². The van der Waals surface area contributed by atoms with Gasteiger partial charge in [0.05, 0.1) is 6.54 Å². The van der Waals surface area contributed by atoms with E-state index in [0.717, 1.165) is 15.6 Å². The van der Waals surface area contributed by atoms with Crippen LogP contribution in [0.25, 0.3) is 0 Å². The third-order valence-electron chi connectivity index (χ3n) is 4.29. The zero-order valence-electron chi connectivity index (χ0n) is 16.2. The van der Waals surface area contributed by atoms with Crippen LogP contribution >= 0.6 is 15.9 Å². The van der Waals surface area contributed by atoms with E-state index in [1.54, 1.807) is 42.5 Å². The first-order valence-corrected chi connectivity index (χ1v) is 10.0. The number of anilines is 1. The standard InChI is InChI=1S/C23H20BrFN2O3/c1-15-11-18(24)7-10-21(15)27-22(28)13-26-23(29)17-3-2-4-20(12-17)30-14-16-5-8-19(25)9-6-16/h2-12H,13-14H2,1H3,(H,26,29)(H,27,28). The van der Waals surface area contributed by atoms with Gasteiger partial charge in [0.25, 0.3) is 5.91 Å². The fourth-order valence-electron chi connectivity index (χ4n) is 2.70. The average Bonchev–Trinajstić information content (AvgIpc) is 2.74. The molecule has 2 N–H and O–H groups in total. The van der Waals surface area contributed by atoms with Gasteiger partial charge in [0, 0.05) is 15.7 Å². The molecule has 3 aromatic rings. The summed E-state index contributed by atoms with van der Waals surface area (Å²) in [5, 5.41) is 5.37. The first-order chi connectivity index (χ1) is 14.4. The van der Waals surface area contributed by atoms with Gasteiger partial charge < -0.3 is 15.4 Å². The summed E-state index contributed by atoms with van der Waals surface area (Å²) < 4.78 is 19.6. The van der Waals surface area contributed by atoms with Gasteiger partial charge in [-0.25, -0.2) is 4.39 Å². The zero-order valence-corrected chi connectivity index (χ0v) is 17.8. The average molecular weight is 471 g/mol. The van der Waals surface area contributed by atoms with E-state index < -0.39 is 0 Å². The molecule has 0 fully saturated rings. The maximum Gasteiger partial charge on any atom is 0.251 e. The van der Waals surface area contributed by atoms with Crippen LogP contribution in [0.15, 0.2) is 71.2 Å². The maximum absolute atomic E-state index is 13.0. The van der Waals surface area contributed by atoms with Crippen molar-refractivity contribution < 1.29 is 18.7 Å². The SMILES string of the molecule is Cc1cc(Br)ccc1NC(=O)CNC(=O)c1cccc(OCc2ccc(F)cc2)c1. The van der Waals surface area contributed by atoms with Crippen LogP contribution in [0.5, 0.6) is 5.75 Å². The second-order valence-corrected chi connectivity index (χ2v) is 7.55. The number of benzene rings is 3. The van der Waals surface area contributed by atoms with Crippen LogP contribution in [0, 0.1) is 12.7 Å². The van der Waals surface area contributed by atoms with Crippen LogP contribution in [0.2, 0.25) is 0 Å².